The van der Waals surface area contributed by atoms with Crippen molar-refractivity contribution in [1.29, 1.82) is 0 Å². The molecule has 84 valence electrons. The molecule has 0 aliphatic heterocycles. The first-order valence-corrected chi connectivity index (χ1v) is 6.21. The third kappa shape index (κ3) is 3.95. The molecule has 0 unspecified atom stereocenters. The molecular weight excluding hydrogens is 277 g/mol. The summed E-state index contributed by atoms with van der Waals surface area (Å²) in [6.07, 6.45) is 5.31. The molecule has 0 aromatic carbocycles. The molecule has 0 saturated heterocycles. The normalized spacial score (nSPS) is 10.4. The number of aromatic nitrogens is 2. The van der Waals surface area contributed by atoms with Crippen molar-refractivity contribution in [3.8, 4) is 0 Å². The standard InChI is InChI=1S/C10H15BrClN3/c1-3-4-5-6-15(2)9-8(11)7-13-10(12)14-9/h7H,3-6H2,1-2H3. The van der Waals surface area contributed by atoms with Crippen molar-refractivity contribution in [1.82, 2.24) is 9.97 Å². The summed E-state index contributed by atoms with van der Waals surface area (Å²) in [7, 11) is 2.01. The summed E-state index contributed by atoms with van der Waals surface area (Å²) in [6.45, 7) is 3.18. The second-order valence-corrected chi connectivity index (χ2v) is 4.63. The summed E-state index contributed by atoms with van der Waals surface area (Å²) >= 11 is 9.17. The van der Waals surface area contributed by atoms with Crippen LogP contribution in [0.1, 0.15) is 26.2 Å². The minimum atomic E-state index is 0.288. The summed E-state index contributed by atoms with van der Waals surface area (Å²) in [5.74, 6) is 0.853. The van der Waals surface area contributed by atoms with Crippen LogP contribution < -0.4 is 4.90 Å². The van der Waals surface area contributed by atoms with Crippen molar-refractivity contribution in [2.45, 2.75) is 26.2 Å². The highest BCUT2D eigenvalue weighted by molar-refractivity contribution is 9.10. The first-order valence-electron chi connectivity index (χ1n) is 5.04. The predicted octanol–water partition coefficient (Wildman–Crippen LogP) is 3.52. The van der Waals surface area contributed by atoms with Crippen LogP contribution in [0.3, 0.4) is 0 Å². The summed E-state index contributed by atoms with van der Waals surface area (Å²) < 4.78 is 0.880. The highest BCUT2D eigenvalue weighted by atomic mass is 79.9. The molecule has 0 bridgehead atoms. The molecule has 0 fully saturated rings. The molecule has 0 atom stereocenters. The van der Waals surface area contributed by atoms with Gasteiger partial charge in [0.1, 0.15) is 5.82 Å². The second-order valence-electron chi connectivity index (χ2n) is 3.44. The Hall–Kier alpha value is -0.350. The smallest absolute Gasteiger partial charge is 0.224 e. The molecule has 1 aromatic rings. The average molecular weight is 293 g/mol. The van der Waals surface area contributed by atoms with Gasteiger partial charge in [-0.25, -0.2) is 4.98 Å². The van der Waals surface area contributed by atoms with E-state index < -0.39 is 0 Å². The molecule has 0 aliphatic carbocycles. The molecule has 1 aromatic heterocycles. The maximum Gasteiger partial charge on any atom is 0.224 e. The highest BCUT2D eigenvalue weighted by Crippen LogP contribution is 2.23. The van der Waals surface area contributed by atoms with Crippen LogP contribution in [0.4, 0.5) is 5.82 Å². The highest BCUT2D eigenvalue weighted by Gasteiger charge is 2.08. The summed E-state index contributed by atoms with van der Waals surface area (Å²) in [5, 5.41) is 0.288. The van der Waals surface area contributed by atoms with Gasteiger partial charge in [-0.05, 0) is 34.0 Å². The maximum absolute atomic E-state index is 5.75. The number of hydrogen-bond acceptors (Lipinski definition) is 3. The van der Waals surface area contributed by atoms with E-state index >= 15 is 0 Å². The van der Waals surface area contributed by atoms with E-state index in [2.05, 4.69) is 37.7 Å². The SMILES string of the molecule is CCCCCN(C)c1nc(Cl)ncc1Br. The quantitative estimate of drug-likeness (QED) is 0.614. The number of halogens is 2. The van der Waals surface area contributed by atoms with Gasteiger partial charge in [0.25, 0.3) is 0 Å². The van der Waals surface area contributed by atoms with Gasteiger partial charge in [0.05, 0.1) is 4.47 Å². The number of nitrogens with zero attached hydrogens (tertiary/aromatic N) is 3. The Labute approximate surface area is 104 Å². The molecule has 1 heterocycles. The van der Waals surface area contributed by atoms with Crippen LogP contribution in [0.2, 0.25) is 5.28 Å². The minimum Gasteiger partial charge on any atom is -0.359 e. The molecular formula is C10H15BrClN3. The molecule has 0 radical (unpaired) electrons. The fraction of sp³-hybridized carbons (Fsp3) is 0.600. The van der Waals surface area contributed by atoms with Gasteiger partial charge in [-0.3, -0.25) is 0 Å². The van der Waals surface area contributed by atoms with E-state index in [0.717, 1.165) is 16.8 Å². The number of rotatable bonds is 5. The number of unbranched alkanes of at least 4 members (excludes halogenated alkanes) is 2. The van der Waals surface area contributed by atoms with Crippen LogP contribution in [0.15, 0.2) is 10.7 Å². The Kier molecular flexibility index (Phi) is 5.32. The zero-order valence-electron chi connectivity index (χ0n) is 9.00. The zero-order chi connectivity index (χ0) is 11.3. The van der Waals surface area contributed by atoms with E-state index in [-0.39, 0.29) is 5.28 Å². The van der Waals surface area contributed by atoms with E-state index in [4.69, 9.17) is 11.6 Å². The largest absolute Gasteiger partial charge is 0.359 e. The van der Waals surface area contributed by atoms with E-state index in [1.807, 2.05) is 7.05 Å². The van der Waals surface area contributed by atoms with Crippen LogP contribution in [0.5, 0.6) is 0 Å². The molecule has 0 aliphatic rings. The van der Waals surface area contributed by atoms with Crippen molar-refractivity contribution in [2.75, 3.05) is 18.5 Å². The van der Waals surface area contributed by atoms with Gasteiger partial charge in [0.15, 0.2) is 0 Å². The zero-order valence-corrected chi connectivity index (χ0v) is 11.3. The topological polar surface area (TPSA) is 29.0 Å². The maximum atomic E-state index is 5.75. The second kappa shape index (κ2) is 6.28. The molecule has 0 spiro atoms. The van der Waals surface area contributed by atoms with E-state index in [1.54, 1.807) is 6.20 Å². The fourth-order valence-electron chi connectivity index (χ4n) is 1.31. The van der Waals surface area contributed by atoms with E-state index in [0.29, 0.717) is 0 Å². The fourth-order valence-corrected chi connectivity index (χ4v) is 1.93. The van der Waals surface area contributed by atoms with Crippen LogP contribution in [0, 0.1) is 0 Å². The lowest BCUT2D eigenvalue weighted by Crippen LogP contribution is -2.20. The Morgan fingerprint density at radius 2 is 2.20 bits per heavy atom. The van der Waals surface area contributed by atoms with Crippen LogP contribution in [-0.2, 0) is 0 Å². The molecule has 5 heteroatoms. The average Bonchev–Trinajstić information content (AvgIpc) is 2.22. The van der Waals surface area contributed by atoms with Gasteiger partial charge in [-0.1, -0.05) is 19.8 Å². The molecule has 0 saturated carbocycles. The minimum absolute atomic E-state index is 0.288. The summed E-state index contributed by atoms with van der Waals surface area (Å²) in [6, 6.07) is 0. The Morgan fingerprint density at radius 3 is 2.87 bits per heavy atom. The number of anilines is 1. The molecule has 3 nitrogen and oxygen atoms in total. The number of hydrogen-bond donors (Lipinski definition) is 0. The first kappa shape index (κ1) is 12.7. The van der Waals surface area contributed by atoms with Gasteiger partial charge >= 0.3 is 0 Å². The lowest BCUT2D eigenvalue weighted by atomic mass is 10.2. The first-order chi connectivity index (χ1) is 7.15. The van der Waals surface area contributed by atoms with E-state index in [1.165, 1.54) is 19.3 Å². The van der Waals surface area contributed by atoms with Crippen LogP contribution >= 0.6 is 27.5 Å². The molecule has 0 amide bonds. The Bertz CT molecular complexity index is 320. The van der Waals surface area contributed by atoms with Gasteiger partial charge < -0.3 is 4.90 Å². The Balaban J connectivity index is 2.64. The van der Waals surface area contributed by atoms with Gasteiger partial charge in [0, 0.05) is 19.8 Å². The third-order valence-electron chi connectivity index (χ3n) is 2.15. The van der Waals surface area contributed by atoms with Gasteiger partial charge in [-0.2, -0.15) is 4.98 Å². The third-order valence-corrected chi connectivity index (χ3v) is 2.90. The van der Waals surface area contributed by atoms with Crippen molar-refractivity contribution in [3.63, 3.8) is 0 Å². The van der Waals surface area contributed by atoms with Crippen molar-refractivity contribution >= 4 is 33.3 Å². The van der Waals surface area contributed by atoms with E-state index in [9.17, 15) is 0 Å². The Morgan fingerprint density at radius 1 is 1.47 bits per heavy atom. The molecule has 0 N–H and O–H groups in total. The lowest BCUT2D eigenvalue weighted by molar-refractivity contribution is 0.700. The van der Waals surface area contributed by atoms with Crippen molar-refractivity contribution in [2.24, 2.45) is 0 Å². The van der Waals surface area contributed by atoms with Crippen LogP contribution in [-0.4, -0.2) is 23.6 Å². The summed E-state index contributed by atoms with van der Waals surface area (Å²) in [4.78, 5) is 10.2. The van der Waals surface area contributed by atoms with Crippen LogP contribution in [0.25, 0.3) is 0 Å². The van der Waals surface area contributed by atoms with Crippen molar-refractivity contribution < 1.29 is 0 Å². The lowest BCUT2D eigenvalue weighted by Gasteiger charge is -2.18. The summed E-state index contributed by atoms with van der Waals surface area (Å²) in [5.41, 5.74) is 0. The molecule has 15 heavy (non-hydrogen) atoms. The van der Waals surface area contributed by atoms with Gasteiger partial charge in [-0.15, -0.1) is 0 Å². The van der Waals surface area contributed by atoms with Crippen molar-refractivity contribution in [3.05, 3.63) is 16.0 Å². The van der Waals surface area contributed by atoms with Gasteiger partial charge in [0.2, 0.25) is 5.28 Å². The molecule has 1 rings (SSSR count). The predicted molar refractivity (Wildman–Crippen MR) is 67.5 cm³/mol. The monoisotopic (exact) mass is 291 g/mol.